The monoisotopic (exact) mass is 300 g/mol. The van der Waals surface area contributed by atoms with E-state index in [2.05, 4.69) is 54.4 Å². The number of rotatable bonds is 6. The van der Waals surface area contributed by atoms with E-state index in [1.54, 1.807) is 0 Å². The first kappa shape index (κ1) is 16.0. The molecule has 2 heteroatoms. The number of nitrogens with one attached hydrogen (secondary N) is 1. The summed E-state index contributed by atoms with van der Waals surface area (Å²) in [6, 6.07) is 13.2. The molecule has 1 aromatic rings. The van der Waals surface area contributed by atoms with Crippen molar-refractivity contribution < 1.29 is 0 Å². The number of hydrogen-bond acceptors (Lipinski definition) is 2. The molecule has 1 heterocycles. The van der Waals surface area contributed by atoms with E-state index < -0.39 is 0 Å². The van der Waals surface area contributed by atoms with Crippen molar-refractivity contribution in [3.05, 3.63) is 35.9 Å². The molecule has 0 bridgehead atoms. The molecule has 0 amide bonds. The van der Waals surface area contributed by atoms with E-state index >= 15 is 0 Å². The Morgan fingerprint density at radius 2 is 1.82 bits per heavy atom. The van der Waals surface area contributed by atoms with Crippen LogP contribution in [0.25, 0.3) is 0 Å². The molecule has 122 valence electrons. The van der Waals surface area contributed by atoms with Gasteiger partial charge in [-0.1, -0.05) is 63.4 Å². The maximum Gasteiger partial charge on any atom is 0.0242 e. The minimum atomic E-state index is 0.590. The summed E-state index contributed by atoms with van der Waals surface area (Å²) < 4.78 is 0. The van der Waals surface area contributed by atoms with E-state index in [1.165, 1.54) is 44.1 Å². The fourth-order valence-electron chi connectivity index (χ4n) is 4.28. The van der Waals surface area contributed by atoms with Crippen molar-refractivity contribution in [2.75, 3.05) is 6.54 Å². The summed E-state index contributed by atoms with van der Waals surface area (Å²) in [6.07, 6.45) is 8.68. The van der Waals surface area contributed by atoms with Gasteiger partial charge in [0, 0.05) is 31.2 Å². The topological polar surface area (TPSA) is 15.3 Å². The highest BCUT2D eigenvalue weighted by Crippen LogP contribution is 2.39. The van der Waals surface area contributed by atoms with Crippen LogP contribution in [0.3, 0.4) is 0 Å². The maximum absolute atomic E-state index is 3.64. The Bertz CT molecular complexity index is 436. The van der Waals surface area contributed by atoms with Crippen LogP contribution in [0.15, 0.2) is 30.3 Å². The van der Waals surface area contributed by atoms with Gasteiger partial charge in [0.25, 0.3) is 0 Å². The maximum atomic E-state index is 3.64. The second kappa shape index (κ2) is 7.61. The molecule has 2 nitrogen and oxygen atoms in total. The Hall–Kier alpha value is -0.860. The van der Waals surface area contributed by atoms with Gasteiger partial charge in [-0.3, -0.25) is 4.90 Å². The normalized spacial score (nSPS) is 27.0. The first-order chi connectivity index (χ1) is 10.7. The van der Waals surface area contributed by atoms with E-state index in [1.807, 2.05) is 0 Å². The summed E-state index contributed by atoms with van der Waals surface area (Å²) in [6.45, 7) is 6.78. The van der Waals surface area contributed by atoms with Crippen LogP contribution in [-0.2, 0) is 6.54 Å². The molecule has 0 spiro atoms. The van der Waals surface area contributed by atoms with Crippen LogP contribution in [0.1, 0.15) is 57.9 Å². The zero-order chi connectivity index (χ0) is 15.4. The number of nitrogens with zero attached hydrogens (tertiary/aromatic N) is 1. The van der Waals surface area contributed by atoms with Gasteiger partial charge < -0.3 is 5.32 Å². The average Bonchev–Trinajstić information content (AvgIpc) is 2.53. The van der Waals surface area contributed by atoms with Crippen LogP contribution < -0.4 is 5.32 Å². The lowest BCUT2D eigenvalue weighted by Crippen LogP contribution is -2.62. The minimum Gasteiger partial charge on any atom is -0.313 e. The molecule has 2 aliphatic rings. The highest BCUT2D eigenvalue weighted by molar-refractivity contribution is 5.16. The third-order valence-corrected chi connectivity index (χ3v) is 5.57. The standard InChI is InChI=1S/C20H32N2/c1-16(2)21-14-19-13-20(18-11-7-4-8-12-18)22(19)15-17-9-5-3-6-10-17/h3,5-6,9-10,16,18-21H,4,7-8,11-15H2,1-2H3/t19-,20+/m0/s1. The minimum absolute atomic E-state index is 0.590. The second-order valence-electron chi connectivity index (χ2n) is 7.58. The van der Waals surface area contributed by atoms with Gasteiger partial charge in [-0.15, -0.1) is 0 Å². The zero-order valence-electron chi connectivity index (χ0n) is 14.3. The fourth-order valence-corrected chi connectivity index (χ4v) is 4.28. The van der Waals surface area contributed by atoms with Gasteiger partial charge in [-0.05, 0) is 30.7 Å². The molecule has 1 aliphatic heterocycles. The van der Waals surface area contributed by atoms with Gasteiger partial charge in [-0.25, -0.2) is 0 Å². The third kappa shape index (κ3) is 3.91. The summed E-state index contributed by atoms with van der Waals surface area (Å²) in [7, 11) is 0. The Labute approximate surface area is 136 Å². The van der Waals surface area contributed by atoms with E-state index in [0.717, 1.165) is 31.1 Å². The number of likely N-dealkylation sites (tertiary alicyclic amines) is 1. The molecule has 1 saturated carbocycles. The quantitative estimate of drug-likeness (QED) is 0.846. The van der Waals surface area contributed by atoms with Crippen LogP contribution in [0, 0.1) is 5.92 Å². The van der Waals surface area contributed by atoms with Gasteiger partial charge in [0.05, 0.1) is 0 Å². The lowest BCUT2D eigenvalue weighted by molar-refractivity contribution is -0.0363. The summed E-state index contributed by atoms with van der Waals surface area (Å²) in [5.74, 6) is 0.952. The molecule has 1 aliphatic carbocycles. The molecule has 3 rings (SSSR count). The molecule has 2 atom stereocenters. The number of benzene rings is 1. The van der Waals surface area contributed by atoms with Crippen LogP contribution in [-0.4, -0.2) is 29.6 Å². The van der Waals surface area contributed by atoms with Crippen LogP contribution in [0.5, 0.6) is 0 Å². The molecule has 2 fully saturated rings. The van der Waals surface area contributed by atoms with Gasteiger partial charge >= 0.3 is 0 Å². The Morgan fingerprint density at radius 3 is 2.50 bits per heavy atom. The van der Waals surface area contributed by atoms with Crippen molar-refractivity contribution in [1.29, 1.82) is 0 Å². The summed E-state index contributed by atoms with van der Waals surface area (Å²) in [5, 5.41) is 3.64. The molecule has 0 radical (unpaired) electrons. The molecule has 0 unspecified atom stereocenters. The molecule has 1 N–H and O–H groups in total. The Morgan fingerprint density at radius 1 is 1.09 bits per heavy atom. The van der Waals surface area contributed by atoms with Crippen LogP contribution in [0.4, 0.5) is 0 Å². The summed E-state index contributed by atoms with van der Waals surface area (Å²) in [5.41, 5.74) is 1.47. The smallest absolute Gasteiger partial charge is 0.0242 e. The predicted octanol–water partition coefficient (Wildman–Crippen LogP) is 4.21. The Kier molecular flexibility index (Phi) is 5.54. The predicted molar refractivity (Wildman–Crippen MR) is 93.9 cm³/mol. The lowest BCUT2D eigenvalue weighted by atomic mass is 9.75. The first-order valence-electron chi connectivity index (χ1n) is 9.27. The average molecular weight is 300 g/mol. The van der Waals surface area contributed by atoms with E-state index in [4.69, 9.17) is 0 Å². The van der Waals surface area contributed by atoms with Crippen LogP contribution in [0.2, 0.25) is 0 Å². The highest BCUT2D eigenvalue weighted by atomic mass is 15.3. The van der Waals surface area contributed by atoms with Gasteiger partial charge in [0.2, 0.25) is 0 Å². The van der Waals surface area contributed by atoms with Crippen molar-refractivity contribution in [2.24, 2.45) is 5.92 Å². The fraction of sp³-hybridized carbons (Fsp3) is 0.700. The summed E-state index contributed by atoms with van der Waals surface area (Å²) in [4.78, 5) is 2.79. The molecular formula is C20H32N2. The molecular weight excluding hydrogens is 268 g/mol. The van der Waals surface area contributed by atoms with E-state index in [-0.39, 0.29) is 0 Å². The molecule has 1 aromatic carbocycles. The summed E-state index contributed by atoms with van der Waals surface area (Å²) >= 11 is 0. The number of hydrogen-bond donors (Lipinski definition) is 1. The van der Waals surface area contributed by atoms with Crippen molar-refractivity contribution in [1.82, 2.24) is 10.2 Å². The van der Waals surface area contributed by atoms with Crippen molar-refractivity contribution in [3.63, 3.8) is 0 Å². The third-order valence-electron chi connectivity index (χ3n) is 5.57. The van der Waals surface area contributed by atoms with E-state index in [0.29, 0.717) is 6.04 Å². The molecule has 22 heavy (non-hydrogen) atoms. The molecule has 0 aromatic heterocycles. The van der Waals surface area contributed by atoms with Gasteiger partial charge in [-0.2, -0.15) is 0 Å². The van der Waals surface area contributed by atoms with Crippen molar-refractivity contribution in [2.45, 2.75) is 77.0 Å². The van der Waals surface area contributed by atoms with Crippen molar-refractivity contribution >= 4 is 0 Å². The second-order valence-corrected chi connectivity index (χ2v) is 7.58. The highest BCUT2D eigenvalue weighted by Gasteiger charge is 2.42. The van der Waals surface area contributed by atoms with Gasteiger partial charge in [0.15, 0.2) is 0 Å². The zero-order valence-corrected chi connectivity index (χ0v) is 14.3. The lowest BCUT2D eigenvalue weighted by Gasteiger charge is -2.53. The Balaban J connectivity index is 1.63. The van der Waals surface area contributed by atoms with E-state index in [9.17, 15) is 0 Å². The SMILES string of the molecule is CC(C)NC[C@@H]1C[C@H](C2CCCCC2)N1Cc1ccccc1. The van der Waals surface area contributed by atoms with Crippen molar-refractivity contribution in [3.8, 4) is 0 Å². The molecule has 1 saturated heterocycles. The first-order valence-corrected chi connectivity index (χ1v) is 9.27. The van der Waals surface area contributed by atoms with Crippen LogP contribution >= 0.6 is 0 Å². The van der Waals surface area contributed by atoms with Gasteiger partial charge in [0.1, 0.15) is 0 Å². The largest absolute Gasteiger partial charge is 0.313 e.